The number of methoxy groups -OCH3 is 1. The molecule has 0 spiro atoms. The average molecular weight is 466 g/mol. The monoisotopic (exact) mass is 465 g/mol. The molecule has 8 nitrogen and oxygen atoms in total. The van der Waals surface area contributed by atoms with E-state index in [1.807, 2.05) is 11.9 Å². The lowest BCUT2D eigenvalue weighted by Gasteiger charge is -2.36. The Labute approximate surface area is 191 Å². The molecule has 1 aromatic carbocycles. The molecule has 4 rings (SSSR count). The van der Waals surface area contributed by atoms with Gasteiger partial charge >= 0.3 is 10.0 Å². The van der Waals surface area contributed by atoms with Gasteiger partial charge in [-0.2, -0.15) is 8.42 Å². The van der Waals surface area contributed by atoms with Gasteiger partial charge in [-0.1, -0.05) is 0 Å². The Morgan fingerprint density at radius 3 is 2.50 bits per heavy atom. The molecule has 9 heteroatoms. The van der Waals surface area contributed by atoms with Crippen LogP contribution in [-0.2, 0) is 10.0 Å². The van der Waals surface area contributed by atoms with Gasteiger partial charge in [-0.15, -0.1) is 5.06 Å². The topological polar surface area (TPSA) is 76.1 Å². The molecular formula is C23H35N3O5S+. The van der Waals surface area contributed by atoms with Crippen molar-refractivity contribution in [2.24, 2.45) is 0 Å². The number of carbonyl (C=O) groups excluding carboxylic acids is 1. The van der Waals surface area contributed by atoms with Crippen molar-refractivity contribution in [2.75, 3.05) is 53.4 Å². The van der Waals surface area contributed by atoms with Crippen LogP contribution in [0.5, 0.6) is 11.5 Å². The summed E-state index contributed by atoms with van der Waals surface area (Å²) in [5, 5.41) is 1.31. The highest BCUT2D eigenvalue weighted by molar-refractivity contribution is 7.86. The summed E-state index contributed by atoms with van der Waals surface area (Å²) in [5.41, 5.74) is 0.521. The number of nitrogens with zero attached hydrogens (tertiary/aromatic N) is 3. The predicted octanol–water partition coefficient (Wildman–Crippen LogP) is 2.46. The molecule has 1 unspecified atom stereocenters. The summed E-state index contributed by atoms with van der Waals surface area (Å²) in [5.74, 6) is 0.983. The minimum atomic E-state index is -3.29. The van der Waals surface area contributed by atoms with Crippen molar-refractivity contribution in [3.05, 3.63) is 30.2 Å². The number of amides is 1. The van der Waals surface area contributed by atoms with Crippen LogP contribution in [0.2, 0.25) is 0 Å². The smallest absolute Gasteiger partial charge is 0.301 e. The Balaban J connectivity index is 1.45. The zero-order chi connectivity index (χ0) is 22.8. The molecule has 3 heterocycles. The van der Waals surface area contributed by atoms with Crippen LogP contribution in [0.25, 0.3) is 0 Å². The van der Waals surface area contributed by atoms with Crippen molar-refractivity contribution in [3.63, 3.8) is 0 Å². The molecule has 1 radical (unpaired) electrons. The quantitative estimate of drug-likeness (QED) is 0.601. The van der Waals surface area contributed by atoms with Gasteiger partial charge in [0.25, 0.3) is 5.91 Å². The van der Waals surface area contributed by atoms with Crippen LogP contribution in [0.1, 0.15) is 48.9 Å². The number of sulfonamides is 1. The molecule has 177 valence electrons. The van der Waals surface area contributed by atoms with E-state index >= 15 is 0 Å². The zero-order valence-corrected chi connectivity index (χ0v) is 20.0. The Hall–Kier alpha value is -1.84. The molecular weight excluding hydrogens is 430 g/mol. The summed E-state index contributed by atoms with van der Waals surface area (Å²) >= 11 is 0. The van der Waals surface area contributed by atoms with E-state index in [1.165, 1.54) is 0 Å². The molecule has 0 N–H and O–H groups in total. The van der Waals surface area contributed by atoms with Gasteiger partial charge in [-0.05, 0) is 44.2 Å². The van der Waals surface area contributed by atoms with E-state index in [4.69, 9.17) is 9.57 Å². The number of quaternary nitrogens is 1. The van der Waals surface area contributed by atoms with Gasteiger partial charge in [-0.25, -0.2) is 3.89 Å². The number of piperidine rings is 2. The fourth-order valence-corrected chi connectivity index (χ4v) is 7.33. The van der Waals surface area contributed by atoms with Crippen molar-refractivity contribution < 1.29 is 26.7 Å². The number of benzene rings is 1. The maximum absolute atomic E-state index is 13.3. The van der Waals surface area contributed by atoms with Gasteiger partial charge in [0, 0.05) is 38.5 Å². The summed E-state index contributed by atoms with van der Waals surface area (Å²) in [4.78, 5) is 20.8. The van der Waals surface area contributed by atoms with Crippen molar-refractivity contribution >= 4 is 15.9 Å². The predicted molar refractivity (Wildman–Crippen MR) is 122 cm³/mol. The highest BCUT2D eigenvalue weighted by Gasteiger charge is 2.47. The molecule has 0 aliphatic carbocycles. The summed E-state index contributed by atoms with van der Waals surface area (Å²) in [6.07, 6.45) is 7.38. The molecule has 3 saturated heterocycles. The zero-order valence-electron chi connectivity index (χ0n) is 19.2. The number of hydrogen-bond acceptors (Lipinski definition) is 6. The first-order valence-corrected chi connectivity index (χ1v) is 13.1. The largest absolute Gasteiger partial charge is 0.496 e. The lowest BCUT2D eigenvalue weighted by Crippen LogP contribution is -2.55. The third-order valence-electron chi connectivity index (χ3n) is 7.02. The molecule has 0 saturated carbocycles. The highest BCUT2D eigenvalue weighted by atomic mass is 32.2. The van der Waals surface area contributed by atoms with Crippen LogP contribution in [-0.4, -0.2) is 86.9 Å². The first-order valence-electron chi connectivity index (χ1n) is 11.6. The third kappa shape index (κ3) is 4.61. The summed E-state index contributed by atoms with van der Waals surface area (Å²) in [6, 6.07) is 5.22. The molecule has 3 aliphatic rings. The van der Waals surface area contributed by atoms with Crippen LogP contribution < -0.4 is 9.57 Å². The van der Waals surface area contributed by atoms with Crippen LogP contribution in [0.4, 0.5) is 0 Å². The van der Waals surface area contributed by atoms with E-state index in [-0.39, 0.29) is 9.80 Å². The minimum Gasteiger partial charge on any atom is -0.496 e. The van der Waals surface area contributed by atoms with E-state index in [9.17, 15) is 13.2 Å². The van der Waals surface area contributed by atoms with Gasteiger partial charge in [0.2, 0.25) is 0 Å². The van der Waals surface area contributed by atoms with Crippen LogP contribution in [0.3, 0.4) is 0 Å². The Morgan fingerprint density at radius 2 is 1.81 bits per heavy atom. The maximum atomic E-state index is 13.3. The number of hydrogen-bond donors (Lipinski definition) is 0. The first kappa shape index (κ1) is 23.3. The second-order valence-electron chi connectivity index (χ2n) is 9.23. The third-order valence-corrected chi connectivity index (χ3v) is 9.84. The number of carbonyl (C=O) groups is 1. The van der Waals surface area contributed by atoms with Crippen LogP contribution in [0.15, 0.2) is 18.2 Å². The van der Waals surface area contributed by atoms with E-state index < -0.39 is 15.3 Å². The molecule has 0 bridgehead atoms. The molecule has 32 heavy (non-hydrogen) atoms. The number of ether oxygens (including phenoxy) is 1. The Kier molecular flexibility index (Phi) is 6.97. The fraction of sp³-hybridized carbons (Fsp3) is 0.652. The van der Waals surface area contributed by atoms with Gasteiger partial charge in [0.15, 0.2) is 5.75 Å². The number of hydroxylamine groups is 2. The first-order chi connectivity index (χ1) is 15.3. The van der Waals surface area contributed by atoms with Crippen LogP contribution >= 0.6 is 0 Å². The Morgan fingerprint density at radius 1 is 1.09 bits per heavy atom. The Bertz CT molecular complexity index is 924. The summed E-state index contributed by atoms with van der Waals surface area (Å²) in [6.45, 7) is 3.86. The molecule has 1 amide bonds. The van der Waals surface area contributed by atoms with Crippen molar-refractivity contribution in [2.45, 2.75) is 43.8 Å². The number of likely N-dealkylation sites (tertiary alicyclic amines) is 2. The standard InChI is InChI=1S/C23H35N3O5S/c1-26(15-6-7-16-26)32(28,29)20-9-8-14-25(18-20)31-19-10-11-21(22(17-19)30-2)23(27)24-12-4-3-5-13-24/h3,10-11,17,20H,4-9,12-16,18H2,1-2H3/q+1. The minimum absolute atomic E-state index is 0.0341. The van der Waals surface area contributed by atoms with Crippen molar-refractivity contribution in [1.29, 1.82) is 0 Å². The second kappa shape index (κ2) is 9.57. The average Bonchev–Trinajstić information content (AvgIpc) is 3.27. The van der Waals surface area contributed by atoms with Crippen molar-refractivity contribution in [1.82, 2.24) is 9.96 Å². The van der Waals surface area contributed by atoms with Crippen molar-refractivity contribution in [3.8, 4) is 11.5 Å². The summed E-state index contributed by atoms with van der Waals surface area (Å²) < 4.78 is 32.2. The van der Waals surface area contributed by atoms with Gasteiger partial charge in [0.05, 0.1) is 39.4 Å². The fourth-order valence-electron chi connectivity index (χ4n) is 5.03. The number of rotatable bonds is 6. The van der Waals surface area contributed by atoms with E-state index in [2.05, 4.69) is 6.42 Å². The van der Waals surface area contributed by atoms with Crippen LogP contribution in [0, 0.1) is 6.42 Å². The van der Waals surface area contributed by atoms with E-state index in [1.54, 1.807) is 30.4 Å². The van der Waals surface area contributed by atoms with Gasteiger partial charge < -0.3 is 14.5 Å². The second-order valence-corrected chi connectivity index (χ2v) is 11.8. The van der Waals surface area contributed by atoms with Gasteiger partial charge in [-0.3, -0.25) is 4.79 Å². The highest BCUT2D eigenvalue weighted by Crippen LogP contribution is 2.31. The molecule has 1 atom stereocenters. The molecule has 3 fully saturated rings. The lowest BCUT2D eigenvalue weighted by molar-refractivity contribution is -0.771. The van der Waals surface area contributed by atoms with E-state index in [0.29, 0.717) is 49.7 Å². The molecule has 1 aromatic rings. The van der Waals surface area contributed by atoms with E-state index in [0.717, 1.165) is 45.2 Å². The SMILES string of the molecule is COc1cc(ON2CCCC(S(=O)(=O)[N+]3(C)CCCC3)C2)ccc1C(=O)N1CC[CH]CC1. The lowest BCUT2D eigenvalue weighted by atomic mass is 10.1. The molecule has 3 aliphatic heterocycles. The maximum Gasteiger partial charge on any atom is 0.301 e. The normalized spacial score (nSPS) is 24.3. The molecule has 0 aromatic heterocycles. The summed E-state index contributed by atoms with van der Waals surface area (Å²) in [7, 11) is 0.104. The van der Waals surface area contributed by atoms with Gasteiger partial charge in [0.1, 0.15) is 11.0 Å².